The maximum Gasteiger partial charge on any atom is 0.274 e. The van der Waals surface area contributed by atoms with Gasteiger partial charge in [-0.1, -0.05) is 25.1 Å². The molecule has 27 heavy (non-hydrogen) atoms. The van der Waals surface area contributed by atoms with Gasteiger partial charge in [0.15, 0.2) is 0 Å². The summed E-state index contributed by atoms with van der Waals surface area (Å²) in [6.07, 6.45) is 1.70. The highest BCUT2D eigenvalue weighted by molar-refractivity contribution is 6.04. The second-order valence-electron chi connectivity index (χ2n) is 6.74. The topological polar surface area (TPSA) is 78.4 Å². The van der Waals surface area contributed by atoms with Crippen molar-refractivity contribution in [2.45, 2.75) is 27.2 Å². The number of piperazine rings is 1. The van der Waals surface area contributed by atoms with Gasteiger partial charge in [0.2, 0.25) is 12.4 Å². The van der Waals surface area contributed by atoms with E-state index in [2.05, 4.69) is 22.2 Å². The lowest BCUT2D eigenvalue weighted by atomic mass is 10.1. The first-order chi connectivity index (χ1) is 13.0. The number of nitrogens with one attached hydrogen (secondary N) is 1. The third kappa shape index (κ3) is 4.24. The zero-order valence-corrected chi connectivity index (χ0v) is 16.0. The lowest BCUT2D eigenvalue weighted by Crippen LogP contribution is -2.46. The average Bonchev–Trinajstić information content (AvgIpc) is 2.69. The highest BCUT2D eigenvalue weighted by atomic mass is 16.2. The van der Waals surface area contributed by atoms with Crippen LogP contribution < -0.4 is 10.2 Å². The highest BCUT2D eigenvalue weighted by Crippen LogP contribution is 2.22. The van der Waals surface area contributed by atoms with E-state index in [-0.39, 0.29) is 5.91 Å². The van der Waals surface area contributed by atoms with Crippen molar-refractivity contribution in [3.63, 3.8) is 0 Å². The molecule has 0 saturated carbocycles. The summed E-state index contributed by atoms with van der Waals surface area (Å²) in [7, 11) is 0. The summed E-state index contributed by atoms with van der Waals surface area (Å²) in [5.41, 5.74) is 4.06. The van der Waals surface area contributed by atoms with Gasteiger partial charge in [-0.3, -0.25) is 9.59 Å². The maximum absolute atomic E-state index is 12.8. The van der Waals surface area contributed by atoms with Crippen LogP contribution in [0.25, 0.3) is 0 Å². The zero-order chi connectivity index (χ0) is 19.4. The van der Waals surface area contributed by atoms with Crippen LogP contribution in [0.5, 0.6) is 0 Å². The van der Waals surface area contributed by atoms with Gasteiger partial charge >= 0.3 is 0 Å². The Labute approximate surface area is 159 Å². The number of hydrogen-bond donors (Lipinski definition) is 1. The lowest BCUT2D eigenvalue weighted by molar-refractivity contribution is -0.118. The Hall–Kier alpha value is -2.96. The third-order valence-electron chi connectivity index (χ3n) is 4.80. The number of amides is 2. The molecule has 7 nitrogen and oxygen atoms in total. The van der Waals surface area contributed by atoms with Gasteiger partial charge in [0.1, 0.15) is 5.69 Å². The number of aromatic nitrogens is 2. The molecule has 2 amide bonds. The van der Waals surface area contributed by atoms with Crippen LogP contribution in [0.4, 0.5) is 11.6 Å². The monoisotopic (exact) mass is 367 g/mol. The van der Waals surface area contributed by atoms with Gasteiger partial charge in [-0.05, 0) is 37.5 Å². The quantitative estimate of drug-likeness (QED) is 0.820. The smallest absolute Gasteiger partial charge is 0.274 e. The first-order valence-electron chi connectivity index (χ1n) is 9.21. The van der Waals surface area contributed by atoms with Crippen LogP contribution in [-0.4, -0.2) is 53.4 Å². The Kier molecular flexibility index (Phi) is 5.69. The third-order valence-corrected chi connectivity index (χ3v) is 4.80. The Balaban J connectivity index is 1.82. The van der Waals surface area contributed by atoms with E-state index in [0.717, 1.165) is 35.3 Å². The minimum Gasteiger partial charge on any atom is -0.342 e. The van der Waals surface area contributed by atoms with Crippen molar-refractivity contribution in [3.8, 4) is 0 Å². The highest BCUT2D eigenvalue weighted by Gasteiger charge is 2.20. The molecule has 1 aliphatic rings. The van der Waals surface area contributed by atoms with E-state index in [1.807, 2.05) is 36.9 Å². The molecule has 1 aliphatic heterocycles. The fourth-order valence-corrected chi connectivity index (χ4v) is 3.22. The fraction of sp³-hybridized carbons (Fsp3) is 0.400. The molecule has 0 radical (unpaired) electrons. The largest absolute Gasteiger partial charge is 0.342 e. The molecule has 1 fully saturated rings. The molecule has 7 heteroatoms. The number of carbonyl (C=O) groups is 2. The molecule has 1 aromatic heterocycles. The Morgan fingerprint density at radius 2 is 1.93 bits per heavy atom. The molecule has 0 aliphatic carbocycles. The van der Waals surface area contributed by atoms with E-state index < -0.39 is 0 Å². The van der Waals surface area contributed by atoms with Crippen LogP contribution in [0, 0.1) is 13.8 Å². The molecule has 142 valence electrons. The van der Waals surface area contributed by atoms with Gasteiger partial charge in [-0.25, -0.2) is 9.97 Å². The second kappa shape index (κ2) is 8.16. The summed E-state index contributed by atoms with van der Waals surface area (Å²) < 4.78 is 0. The van der Waals surface area contributed by atoms with Gasteiger partial charge in [0, 0.05) is 37.6 Å². The summed E-state index contributed by atoms with van der Waals surface area (Å²) in [6, 6.07) is 7.70. The van der Waals surface area contributed by atoms with Crippen LogP contribution in [-0.2, 0) is 11.2 Å². The second-order valence-corrected chi connectivity index (χ2v) is 6.74. The maximum atomic E-state index is 12.8. The molecular weight excluding hydrogens is 342 g/mol. The van der Waals surface area contributed by atoms with Crippen LogP contribution in [0.2, 0.25) is 0 Å². The van der Waals surface area contributed by atoms with Crippen LogP contribution in [0.15, 0.2) is 24.3 Å². The standard InChI is InChI=1S/C20H25N5O2/c1-4-16-7-5-6-14(2)18(16)23-19(27)17-12-15(3)21-20(22-17)25-10-8-24(13-26)9-11-25/h5-7,12-13H,4,8-11H2,1-3H3,(H,23,27). The number of rotatable bonds is 5. The Morgan fingerprint density at radius 1 is 1.19 bits per heavy atom. The minimum absolute atomic E-state index is 0.239. The molecule has 3 rings (SSSR count). The van der Waals surface area contributed by atoms with Crippen LogP contribution in [0.1, 0.15) is 34.2 Å². The molecule has 0 bridgehead atoms. The van der Waals surface area contributed by atoms with E-state index in [4.69, 9.17) is 0 Å². The van der Waals surface area contributed by atoms with Gasteiger partial charge in [-0.15, -0.1) is 0 Å². The Morgan fingerprint density at radius 3 is 2.59 bits per heavy atom. The fourth-order valence-electron chi connectivity index (χ4n) is 3.22. The van der Waals surface area contributed by atoms with Crippen molar-refractivity contribution in [2.24, 2.45) is 0 Å². The summed E-state index contributed by atoms with van der Waals surface area (Å²) in [4.78, 5) is 36.4. The summed E-state index contributed by atoms with van der Waals surface area (Å²) in [6.45, 7) is 8.47. The Bertz CT molecular complexity index is 844. The van der Waals surface area contributed by atoms with Crippen molar-refractivity contribution in [1.29, 1.82) is 0 Å². The first kappa shape index (κ1) is 18.8. The molecule has 1 saturated heterocycles. The number of benzene rings is 1. The van der Waals surface area contributed by atoms with Crippen molar-refractivity contribution in [2.75, 3.05) is 36.4 Å². The molecule has 2 aromatic rings. The first-order valence-corrected chi connectivity index (χ1v) is 9.21. The predicted molar refractivity (Wildman–Crippen MR) is 105 cm³/mol. The molecule has 1 aromatic carbocycles. The van der Waals surface area contributed by atoms with Crippen molar-refractivity contribution in [1.82, 2.24) is 14.9 Å². The minimum atomic E-state index is -0.239. The number of para-hydroxylation sites is 1. The van der Waals surface area contributed by atoms with E-state index in [1.54, 1.807) is 11.0 Å². The number of aryl methyl sites for hydroxylation is 3. The van der Waals surface area contributed by atoms with Crippen molar-refractivity contribution >= 4 is 24.0 Å². The van der Waals surface area contributed by atoms with E-state index in [0.29, 0.717) is 37.8 Å². The summed E-state index contributed by atoms with van der Waals surface area (Å²) in [5.74, 6) is 0.295. The molecule has 2 heterocycles. The van der Waals surface area contributed by atoms with Crippen LogP contribution in [0.3, 0.4) is 0 Å². The van der Waals surface area contributed by atoms with E-state index >= 15 is 0 Å². The molecule has 0 unspecified atom stereocenters. The van der Waals surface area contributed by atoms with E-state index in [9.17, 15) is 9.59 Å². The number of carbonyl (C=O) groups excluding carboxylic acids is 2. The van der Waals surface area contributed by atoms with Gasteiger partial charge in [0.05, 0.1) is 0 Å². The summed E-state index contributed by atoms with van der Waals surface area (Å²) in [5, 5.41) is 3.02. The number of nitrogens with zero attached hydrogens (tertiary/aromatic N) is 4. The summed E-state index contributed by atoms with van der Waals surface area (Å²) >= 11 is 0. The van der Waals surface area contributed by atoms with Gasteiger partial charge in [-0.2, -0.15) is 0 Å². The van der Waals surface area contributed by atoms with E-state index in [1.165, 1.54) is 0 Å². The van der Waals surface area contributed by atoms with Crippen molar-refractivity contribution < 1.29 is 9.59 Å². The van der Waals surface area contributed by atoms with Gasteiger partial charge in [0.25, 0.3) is 5.91 Å². The van der Waals surface area contributed by atoms with Gasteiger partial charge < -0.3 is 15.1 Å². The molecular formula is C20H25N5O2. The van der Waals surface area contributed by atoms with Crippen LogP contribution >= 0.6 is 0 Å². The lowest BCUT2D eigenvalue weighted by Gasteiger charge is -2.32. The SMILES string of the molecule is CCc1cccc(C)c1NC(=O)c1cc(C)nc(N2CCN(C=O)CC2)n1. The zero-order valence-electron chi connectivity index (χ0n) is 16.0. The molecule has 0 atom stereocenters. The number of hydrogen-bond acceptors (Lipinski definition) is 5. The molecule has 1 N–H and O–H groups in total. The average molecular weight is 367 g/mol. The predicted octanol–water partition coefficient (Wildman–Crippen LogP) is 2.19. The van der Waals surface area contributed by atoms with Crippen molar-refractivity contribution in [3.05, 3.63) is 46.8 Å². The normalized spacial score (nSPS) is 14.2. The number of anilines is 2. The molecule has 0 spiro atoms.